The van der Waals surface area contributed by atoms with Crippen molar-refractivity contribution in [2.24, 2.45) is 5.92 Å². The molecule has 2 rings (SSSR count). The van der Waals surface area contributed by atoms with Gasteiger partial charge in [0.1, 0.15) is 19.0 Å². The second-order valence-corrected chi connectivity index (χ2v) is 5.51. The summed E-state index contributed by atoms with van der Waals surface area (Å²) < 4.78 is 10.8. The number of hydrogen-bond donors (Lipinski definition) is 0. The Morgan fingerprint density at radius 2 is 1.86 bits per heavy atom. The average molecular weight is 348 g/mol. The number of hydrogen-bond acceptors (Lipinski definition) is 4. The number of carbonyl (C=O) groups is 1. The van der Waals surface area contributed by atoms with Crippen molar-refractivity contribution in [2.75, 3.05) is 38.7 Å². The van der Waals surface area contributed by atoms with Gasteiger partial charge in [-0.2, -0.15) is 0 Å². The monoisotopic (exact) mass is 347 g/mol. The minimum Gasteiger partial charge on any atom is -0.490 e. The number of alkyl halides is 1. The predicted molar refractivity (Wildman–Crippen MR) is 90.0 cm³/mol. The van der Waals surface area contributed by atoms with Gasteiger partial charge < -0.3 is 14.4 Å². The normalized spacial score (nSPS) is 15.9. The fourth-order valence-electron chi connectivity index (χ4n) is 2.45. The molecule has 4 nitrogen and oxygen atoms in total. The summed E-state index contributed by atoms with van der Waals surface area (Å²) in [5, 5.41) is 0. The Morgan fingerprint density at radius 1 is 1.18 bits per heavy atom. The minimum atomic E-state index is -0.0998. The molecule has 0 aromatic heterocycles. The topological polar surface area (TPSA) is 38.8 Å². The molecule has 0 bridgehead atoms. The summed E-state index contributed by atoms with van der Waals surface area (Å²) in [6.45, 7) is 3.44. The summed E-state index contributed by atoms with van der Waals surface area (Å²) in [6.07, 6.45) is 1.71. The van der Waals surface area contributed by atoms with Crippen LogP contribution in [0.15, 0.2) is 30.3 Å². The van der Waals surface area contributed by atoms with Crippen LogP contribution in [0.2, 0.25) is 0 Å². The number of benzene rings is 1. The Hall–Kier alpha value is -0.970. The van der Waals surface area contributed by atoms with Crippen LogP contribution in [-0.2, 0) is 9.53 Å². The molecule has 0 saturated carbocycles. The maximum atomic E-state index is 12.0. The SMILES string of the molecule is Cl.O=C(OCCOc1ccccc1)C1CCN(CCCl)CC1. The Bertz CT molecular complexity index is 423. The van der Waals surface area contributed by atoms with E-state index in [4.69, 9.17) is 21.1 Å². The fraction of sp³-hybridized carbons (Fsp3) is 0.562. The van der Waals surface area contributed by atoms with Crippen LogP contribution in [0.1, 0.15) is 12.8 Å². The lowest BCUT2D eigenvalue weighted by atomic mass is 9.97. The summed E-state index contributed by atoms with van der Waals surface area (Å²) in [6, 6.07) is 9.53. The van der Waals surface area contributed by atoms with Gasteiger partial charge in [0.25, 0.3) is 0 Å². The van der Waals surface area contributed by atoms with Crippen molar-refractivity contribution < 1.29 is 14.3 Å². The first kappa shape index (κ1) is 19.1. The summed E-state index contributed by atoms with van der Waals surface area (Å²) in [4.78, 5) is 14.2. The number of nitrogens with zero attached hydrogens (tertiary/aromatic N) is 1. The van der Waals surface area contributed by atoms with Gasteiger partial charge in [0.05, 0.1) is 5.92 Å². The number of carbonyl (C=O) groups excluding carboxylic acids is 1. The molecule has 1 saturated heterocycles. The molecule has 1 aliphatic rings. The third-order valence-corrected chi connectivity index (χ3v) is 3.83. The smallest absolute Gasteiger partial charge is 0.309 e. The van der Waals surface area contributed by atoms with Gasteiger partial charge in [0, 0.05) is 12.4 Å². The van der Waals surface area contributed by atoms with Crippen LogP contribution in [0.5, 0.6) is 5.75 Å². The summed E-state index contributed by atoms with van der Waals surface area (Å²) in [7, 11) is 0. The maximum Gasteiger partial charge on any atom is 0.309 e. The zero-order chi connectivity index (χ0) is 14.9. The van der Waals surface area contributed by atoms with Crippen molar-refractivity contribution in [1.29, 1.82) is 0 Å². The first-order chi connectivity index (χ1) is 10.3. The van der Waals surface area contributed by atoms with E-state index in [9.17, 15) is 4.79 Å². The van der Waals surface area contributed by atoms with Gasteiger partial charge in [-0.15, -0.1) is 24.0 Å². The molecule has 0 spiro atoms. The van der Waals surface area contributed by atoms with E-state index in [0.717, 1.165) is 38.2 Å². The second kappa shape index (κ2) is 10.7. The van der Waals surface area contributed by atoms with Crippen molar-refractivity contribution in [3.63, 3.8) is 0 Å². The van der Waals surface area contributed by atoms with E-state index in [-0.39, 0.29) is 24.3 Å². The largest absolute Gasteiger partial charge is 0.490 e. The summed E-state index contributed by atoms with van der Waals surface area (Å²) in [5.74, 6) is 1.36. The quantitative estimate of drug-likeness (QED) is 0.431. The van der Waals surface area contributed by atoms with Crippen LogP contribution in [0.3, 0.4) is 0 Å². The molecule has 1 aromatic rings. The molecule has 0 amide bonds. The van der Waals surface area contributed by atoms with E-state index in [0.29, 0.717) is 19.1 Å². The number of halogens is 2. The standard InChI is InChI=1S/C16H22ClNO3.ClH/c17-8-11-18-9-6-14(7-10-18)16(19)21-13-12-20-15-4-2-1-3-5-15;/h1-5,14H,6-13H2;1H. The molecule has 1 aliphatic heterocycles. The van der Waals surface area contributed by atoms with E-state index < -0.39 is 0 Å². The molecule has 0 aliphatic carbocycles. The maximum absolute atomic E-state index is 12.0. The fourth-order valence-corrected chi connectivity index (χ4v) is 2.69. The summed E-state index contributed by atoms with van der Waals surface area (Å²) >= 11 is 5.72. The Labute approximate surface area is 143 Å². The van der Waals surface area contributed by atoms with E-state index in [1.54, 1.807) is 0 Å². The van der Waals surface area contributed by atoms with E-state index in [1.807, 2.05) is 30.3 Å². The minimum absolute atomic E-state index is 0. The highest BCUT2D eigenvalue weighted by Gasteiger charge is 2.25. The van der Waals surface area contributed by atoms with Crippen LogP contribution in [0.4, 0.5) is 0 Å². The van der Waals surface area contributed by atoms with Gasteiger partial charge in [-0.25, -0.2) is 0 Å². The zero-order valence-corrected chi connectivity index (χ0v) is 14.2. The molecule has 6 heteroatoms. The predicted octanol–water partition coefficient (Wildman–Crippen LogP) is 2.98. The molecular weight excluding hydrogens is 325 g/mol. The molecule has 22 heavy (non-hydrogen) atoms. The van der Waals surface area contributed by atoms with Crippen molar-refractivity contribution in [1.82, 2.24) is 4.90 Å². The lowest BCUT2D eigenvalue weighted by Gasteiger charge is -2.30. The highest BCUT2D eigenvalue weighted by molar-refractivity contribution is 6.18. The third-order valence-electron chi connectivity index (χ3n) is 3.66. The Morgan fingerprint density at radius 3 is 2.50 bits per heavy atom. The Balaban J connectivity index is 0.00000242. The first-order valence-electron chi connectivity index (χ1n) is 7.42. The first-order valence-corrected chi connectivity index (χ1v) is 7.96. The Kier molecular flexibility index (Phi) is 9.28. The third kappa shape index (κ3) is 6.42. The number of esters is 1. The average Bonchev–Trinajstić information content (AvgIpc) is 2.53. The lowest BCUT2D eigenvalue weighted by molar-refractivity contribution is -0.150. The van der Waals surface area contributed by atoms with Gasteiger partial charge >= 0.3 is 5.97 Å². The van der Waals surface area contributed by atoms with Gasteiger partial charge in [0.15, 0.2) is 0 Å². The van der Waals surface area contributed by atoms with E-state index in [1.165, 1.54) is 0 Å². The molecular formula is C16H23Cl2NO3. The molecule has 1 heterocycles. The molecule has 1 aromatic carbocycles. The van der Waals surface area contributed by atoms with E-state index in [2.05, 4.69) is 4.90 Å². The number of likely N-dealkylation sites (tertiary alicyclic amines) is 1. The van der Waals surface area contributed by atoms with Crippen molar-refractivity contribution in [2.45, 2.75) is 12.8 Å². The van der Waals surface area contributed by atoms with E-state index >= 15 is 0 Å². The van der Waals surface area contributed by atoms with Crippen molar-refractivity contribution >= 4 is 30.0 Å². The van der Waals surface area contributed by atoms with Gasteiger partial charge in [-0.1, -0.05) is 18.2 Å². The van der Waals surface area contributed by atoms with Crippen molar-refractivity contribution in [3.8, 4) is 5.75 Å². The molecule has 0 unspecified atom stereocenters. The number of ether oxygens (including phenoxy) is 2. The van der Waals surface area contributed by atoms with Gasteiger partial charge in [-0.05, 0) is 38.1 Å². The van der Waals surface area contributed by atoms with Gasteiger partial charge in [0.2, 0.25) is 0 Å². The number of piperidine rings is 1. The second-order valence-electron chi connectivity index (χ2n) is 5.13. The lowest BCUT2D eigenvalue weighted by Crippen LogP contribution is -2.38. The molecule has 124 valence electrons. The van der Waals surface area contributed by atoms with Crippen LogP contribution >= 0.6 is 24.0 Å². The van der Waals surface area contributed by atoms with Crippen LogP contribution < -0.4 is 4.74 Å². The molecule has 0 N–H and O–H groups in total. The van der Waals surface area contributed by atoms with Crippen LogP contribution in [-0.4, -0.2) is 49.6 Å². The van der Waals surface area contributed by atoms with Crippen LogP contribution in [0.25, 0.3) is 0 Å². The van der Waals surface area contributed by atoms with Crippen LogP contribution in [0, 0.1) is 5.92 Å². The number of para-hydroxylation sites is 1. The summed E-state index contributed by atoms with van der Waals surface area (Å²) in [5.41, 5.74) is 0. The van der Waals surface area contributed by atoms with Crippen molar-refractivity contribution in [3.05, 3.63) is 30.3 Å². The molecule has 1 fully saturated rings. The zero-order valence-electron chi connectivity index (χ0n) is 12.6. The molecule has 0 radical (unpaired) electrons. The highest BCUT2D eigenvalue weighted by atomic mass is 35.5. The van der Waals surface area contributed by atoms with Gasteiger partial charge in [-0.3, -0.25) is 4.79 Å². The highest BCUT2D eigenvalue weighted by Crippen LogP contribution is 2.18. The molecule has 0 atom stereocenters. The number of rotatable bonds is 7.